The van der Waals surface area contributed by atoms with E-state index >= 15 is 0 Å². The van der Waals surface area contributed by atoms with E-state index < -0.39 is 24.8 Å². The summed E-state index contributed by atoms with van der Waals surface area (Å²) in [6.45, 7) is 1.01. The molecule has 1 aliphatic heterocycles. The number of aromatic nitrogens is 3. The molecule has 1 aliphatic rings. The molecule has 2 atom stereocenters. The summed E-state index contributed by atoms with van der Waals surface area (Å²) in [6.07, 6.45) is -2.66. The van der Waals surface area contributed by atoms with Gasteiger partial charge in [-0.2, -0.15) is 18.3 Å². The van der Waals surface area contributed by atoms with Crippen LogP contribution in [0.1, 0.15) is 17.0 Å². The summed E-state index contributed by atoms with van der Waals surface area (Å²) < 4.78 is 42.6. The van der Waals surface area contributed by atoms with Crippen LogP contribution in [0.25, 0.3) is 16.9 Å². The van der Waals surface area contributed by atoms with E-state index in [1.165, 1.54) is 15.5 Å². The fourth-order valence-corrected chi connectivity index (χ4v) is 5.17. The van der Waals surface area contributed by atoms with Crippen LogP contribution in [0.15, 0.2) is 83.8 Å². The zero-order valence-corrected chi connectivity index (χ0v) is 22.0. The van der Waals surface area contributed by atoms with Gasteiger partial charge in [0, 0.05) is 49.4 Å². The van der Waals surface area contributed by atoms with Gasteiger partial charge >= 0.3 is 12.2 Å². The van der Waals surface area contributed by atoms with Crippen molar-refractivity contribution >= 4 is 11.8 Å². The predicted octanol–water partition coefficient (Wildman–Crippen LogP) is 4.70. The molecule has 2 amide bonds. The van der Waals surface area contributed by atoms with Gasteiger partial charge in [-0.15, -0.1) is 0 Å². The second kappa shape index (κ2) is 11.0. The maximum absolute atomic E-state index is 13.4. The molecule has 11 heteroatoms. The number of nitrogens with zero attached hydrogens (tertiary/aromatic N) is 4. The van der Waals surface area contributed by atoms with E-state index in [4.69, 9.17) is 5.10 Å². The Kier molecular flexibility index (Phi) is 7.49. The molecule has 1 fully saturated rings. The number of rotatable bonds is 6. The zero-order valence-electron chi connectivity index (χ0n) is 22.0. The van der Waals surface area contributed by atoms with Crippen molar-refractivity contribution in [1.82, 2.24) is 24.6 Å². The van der Waals surface area contributed by atoms with Crippen molar-refractivity contribution in [2.45, 2.75) is 25.1 Å². The van der Waals surface area contributed by atoms with E-state index in [-0.39, 0.29) is 24.6 Å². The van der Waals surface area contributed by atoms with Crippen LogP contribution in [0.4, 0.5) is 23.8 Å². The fourth-order valence-electron chi connectivity index (χ4n) is 5.17. The fraction of sp³-hybridized carbons (Fsp3) is 0.276. The smallest absolute Gasteiger partial charge is 0.333 e. The number of hydrogen-bond donors (Lipinski definition) is 2. The molecular weight excluding hydrogens is 521 g/mol. The molecule has 40 heavy (non-hydrogen) atoms. The van der Waals surface area contributed by atoms with E-state index in [2.05, 4.69) is 10.6 Å². The van der Waals surface area contributed by atoms with E-state index in [1.807, 2.05) is 67.6 Å². The van der Waals surface area contributed by atoms with Gasteiger partial charge in [-0.25, -0.2) is 9.48 Å². The molecule has 2 unspecified atom stereocenters. The van der Waals surface area contributed by atoms with Crippen LogP contribution in [-0.2, 0) is 7.05 Å². The number of hydrogen-bond acceptors (Lipinski definition) is 4. The summed E-state index contributed by atoms with van der Waals surface area (Å²) in [4.78, 5) is 26.6. The highest BCUT2D eigenvalue weighted by Crippen LogP contribution is 2.32. The van der Waals surface area contributed by atoms with Crippen molar-refractivity contribution in [1.29, 1.82) is 0 Å². The third kappa shape index (κ3) is 5.94. The van der Waals surface area contributed by atoms with Crippen LogP contribution in [-0.4, -0.2) is 57.1 Å². The topological polar surface area (TPSA) is 84.2 Å². The molecule has 0 bridgehead atoms. The molecule has 2 aromatic heterocycles. The lowest BCUT2D eigenvalue weighted by atomic mass is 9.94. The van der Waals surface area contributed by atoms with Gasteiger partial charge in [-0.3, -0.25) is 15.0 Å². The summed E-state index contributed by atoms with van der Waals surface area (Å²) in [5.41, 5.74) is 3.35. The summed E-state index contributed by atoms with van der Waals surface area (Å²) in [5.74, 6) is 0.101. The van der Waals surface area contributed by atoms with Gasteiger partial charge in [-0.05, 0) is 30.7 Å². The average molecular weight is 551 g/mol. The third-order valence-corrected chi connectivity index (χ3v) is 7.06. The molecule has 0 radical (unpaired) electrons. The highest BCUT2D eigenvalue weighted by atomic mass is 19.4. The Hall–Kier alpha value is -4.38. The molecule has 0 saturated carbocycles. The molecule has 2 aromatic carbocycles. The number of nitrogens with one attached hydrogen (secondary N) is 2. The molecule has 0 spiro atoms. The predicted molar refractivity (Wildman–Crippen MR) is 147 cm³/mol. The first-order chi connectivity index (χ1) is 19.1. The first-order valence-corrected chi connectivity index (χ1v) is 12.8. The number of alkyl halides is 3. The van der Waals surface area contributed by atoms with Crippen LogP contribution < -0.4 is 16.2 Å². The van der Waals surface area contributed by atoms with Gasteiger partial charge in [0.2, 0.25) is 5.56 Å². The van der Waals surface area contributed by atoms with Gasteiger partial charge in [0.05, 0.1) is 24.0 Å². The summed E-state index contributed by atoms with van der Waals surface area (Å²) in [6, 6.07) is 20.5. The molecule has 4 aromatic rings. The molecule has 2 N–H and O–H groups in total. The average Bonchev–Trinajstić information content (AvgIpc) is 3.45. The Morgan fingerprint density at radius 1 is 1.00 bits per heavy atom. The van der Waals surface area contributed by atoms with Gasteiger partial charge in [0.25, 0.3) is 0 Å². The standard InChI is InChI=1S/C29H29F3N6O2/c1-19-26(21-13-14-25(39)36(2)15-21)35-38(22-11-7-4-8-12-22)27(19)34-28(40)33-24-17-37(18-29(30,31)32)16-23(24)20-9-5-3-6-10-20/h3-15,23-24H,16-18H2,1-2H3,(H2,33,34,40). The summed E-state index contributed by atoms with van der Waals surface area (Å²) in [5, 5.41) is 10.6. The Bertz CT molecular complexity index is 1550. The van der Waals surface area contributed by atoms with E-state index in [1.54, 1.807) is 24.0 Å². The number of pyridine rings is 1. The van der Waals surface area contributed by atoms with Crippen LogP contribution in [0.3, 0.4) is 0 Å². The summed E-state index contributed by atoms with van der Waals surface area (Å²) >= 11 is 0. The van der Waals surface area contributed by atoms with Gasteiger partial charge in [0.15, 0.2) is 0 Å². The van der Waals surface area contributed by atoms with Crippen LogP contribution >= 0.6 is 0 Å². The number of carbonyl (C=O) groups is 1. The Morgan fingerprint density at radius 2 is 1.68 bits per heavy atom. The number of benzene rings is 2. The number of urea groups is 1. The van der Waals surface area contributed by atoms with E-state index in [0.29, 0.717) is 28.3 Å². The SMILES string of the molecule is Cc1c(-c2ccc(=O)n(C)c2)nn(-c2ccccc2)c1NC(=O)NC1CN(CC(F)(F)F)CC1c1ccccc1. The van der Waals surface area contributed by atoms with Crippen LogP contribution in [0.5, 0.6) is 0 Å². The highest BCUT2D eigenvalue weighted by molar-refractivity contribution is 5.91. The second-order valence-corrected chi connectivity index (χ2v) is 9.97. The minimum absolute atomic E-state index is 0.0622. The molecule has 3 heterocycles. The van der Waals surface area contributed by atoms with Crippen molar-refractivity contribution < 1.29 is 18.0 Å². The normalized spacial score (nSPS) is 17.6. The maximum atomic E-state index is 13.4. The van der Waals surface area contributed by atoms with E-state index in [9.17, 15) is 22.8 Å². The maximum Gasteiger partial charge on any atom is 0.401 e. The number of halogens is 3. The third-order valence-electron chi connectivity index (χ3n) is 7.06. The van der Waals surface area contributed by atoms with Crippen molar-refractivity contribution in [3.05, 3.63) is 100 Å². The first-order valence-electron chi connectivity index (χ1n) is 12.8. The molecule has 208 valence electrons. The number of aryl methyl sites for hydroxylation is 1. The molecule has 8 nitrogen and oxygen atoms in total. The second-order valence-electron chi connectivity index (χ2n) is 9.97. The number of carbonyl (C=O) groups excluding carboxylic acids is 1. The van der Waals surface area contributed by atoms with Gasteiger partial charge in [-0.1, -0.05) is 48.5 Å². The van der Waals surface area contributed by atoms with Gasteiger partial charge in [0.1, 0.15) is 5.82 Å². The lowest BCUT2D eigenvalue weighted by molar-refractivity contribution is -0.143. The molecule has 1 saturated heterocycles. The zero-order chi connectivity index (χ0) is 28.4. The Balaban J connectivity index is 1.44. The number of amides is 2. The Morgan fingerprint density at radius 3 is 2.33 bits per heavy atom. The van der Waals surface area contributed by atoms with Crippen molar-refractivity contribution in [2.75, 3.05) is 25.0 Å². The minimum atomic E-state index is -4.34. The van der Waals surface area contributed by atoms with Crippen molar-refractivity contribution in [3.8, 4) is 16.9 Å². The molecule has 0 aliphatic carbocycles. The van der Waals surface area contributed by atoms with Crippen LogP contribution in [0.2, 0.25) is 0 Å². The highest BCUT2D eigenvalue weighted by Gasteiger charge is 2.40. The first kappa shape index (κ1) is 27.2. The lowest BCUT2D eigenvalue weighted by Crippen LogP contribution is -2.43. The number of para-hydroxylation sites is 1. The van der Waals surface area contributed by atoms with Crippen molar-refractivity contribution in [3.63, 3.8) is 0 Å². The largest absolute Gasteiger partial charge is 0.401 e. The van der Waals surface area contributed by atoms with E-state index in [0.717, 1.165) is 5.56 Å². The quantitative estimate of drug-likeness (QED) is 0.365. The van der Waals surface area contributed by atoms with Crippen LogP contribution in [0, 0.1) is 6.92 Å². The monoisotopic (exact) mass is 550 g/mol. The lowest BCUT2D eigenvalue weighted by Gasteiger charge is -2.21. The number of likely N-dealkylation sites (tertiary alicyclic amines) is 1. The molecule has 5 rings (SSSR count). The van der Waals surface area contributed by atoms with Crippen molar-refractivity contribution in [2.24, 2.45) is 7.05 Å². The summed E-state index contributed by atoms with van der Waals surface area (Å²) in [7, 11) is 1.65. The Labute approximate surface area is 229 Å². The molecular formula is C29H29F3N6O2. The van der Waals surface area contributed by atoms with Gasteiger partial charge < -0.3 is 9.88 Å². The minimum Gasteiger partial charge on any atom is -0.333 e. The number of anilines is 1.